The summed E-state index contributed by atoms with van der Waals surface area (Å²) in [5, 5.41) is 8.13. The first kappa shape index (κ1) is 15.3. The molecule has 0 radical (unpaired) electrons. The Bertz CT molecular complexity index is 749. The molecule has 7 nitrogen and oxygen atoms in total. The van der Waals surface area contributed by atoms with Crippen molar-refractivity contribution < 1.29 is 14.3 Å². The van der Waals surface area contributed by atoms with Crippen molar-refractivity contribution in [1.82, 2.24) is 14.8 Å². The van der Waals surface area contributed by atoms with E-state index in [1.165, 1.54) is 0 Å². The molecule has 2 aromatic rings. The van der Waals surface area contributed by atoms with Gasteiger partial charge in [0.1, 0.15) is 29.2 Å². The van der Waals surface area contributed by atoms with E-state index < -0.39 is 0 Å². The average molecular weight is 316 g/mol. The molecule has 3 rings (SSSR count). The second kappa shape index (κ2) is 5.57. The number of aryl methyl sites for hydroxylation is 2. The normalized spacial score (nSPS) is 17.2. The third-order valence-corrected chi connectivity index (χ3v) is 4.30. The number of methoxy groups -OCH3 is 2. The van der Waals surface area contributed by atoms with Crippen LogP contribution in [0.3, 0.4) is 0 Å². The van der Waals surface area contributed by atoms with Crippen molar-refractivity contribution in [3.63, 3.8) is 0 Å². The van der Waals surface area contributed by atoms with Gasteiger partial charge in [-0.25, -0.2) is 0 Å². The summed E-state index contributed by atoms with van der Waals surface area (Å²) in [6, 6.07) is 3.38. The maximum Gasteiger partial charge on any atom is 0.250 e. The molecule has 1 aromatic carbocycles. The lowest BCUT2D eigenvalue weighted by Gasteiger charge is -2.34. The summed E-state index contributed by atoms with van der Waals surface area (Å²) < 4.78 is 12.7. The number of anilines is 1. The summed E-state index contributed by atoms with van der Waals surface area (Å²) in [5.74, 6) is 2.79. The minimum absolute atomic E-state index is 0.00744. The zero-order chi connectivity index (χ0) is 16.7. The predicted molar refractivity (Wildman–Crippen MR) is 85.2 cm³/mol. The van der Waals surface area contributed by atoms with Crippen LogP contribution in [-0.4, -0.2) is 41.9 Å². The molecular formula is C16H20N4O3. The quantitative estimate of drug-likeness (QED) is 0.861. The van der Waals surface area contributed by atoms with Gasteiger partial charge < -0.3 is 18.9 Å². The smallest absolute Gasteiger partial charge is 0.250 e. The van der Waals surface area contributed by atoms with Crippen LogP contribution in [-0.2, 0) is 11.2 Å². The minimum atomic E-state index is -0.362. The Hall–Kier alpha value is -2.57. The van der Waals surface area contributed by atoms with Gasteiger partial charge in [0.15, 0.2) is 0 Å². The highest BCUT2D eigenvalue weighted by Gasteiger charge is 2.36. The number of aromatic nitrogens is 3. The number of carbonyl (C=O) groups is 1. The first-order chi connectivity index (χ1) is 11.0. The van der Waals surface area contributed by atoms with E-state index in [1.54, 1.807) is 32.2 Å². The molecule has 122 valence electrons. The number of carbonyl (C=O) groups excluding carboxylic acids is 1. The van der Waals surface area contributed by atoms with E-state index in [1.807, 2.05) is 24.5 Å². The molecule has 1 unspecified atom stereocenters. The molecule has 23 heavy (non-hydrogen) atoms. The number of hydrogen-bond acceptors (Lipinski definition) is 5. The summed E-state index contributed by atoms with van der Waals surface area (Å²) in [6.07, 6.45) is 0.547. The van der Waals surface area contributed by atoms with E-state index in [0.29, 0.717) is 17.9 Å². The van der Waals surface area contributed by atoms with E-state index in [4.69, 9.17) is 9.47 Å². The van der Waals surface area contributed by atoms with Crippen molar-refractivity contribution in [1.29, 1.82) is 0 Å². The third-order valence-electron chi connectivity index (χ3n) is 4.30. The van der Waals surface area contributed by atoms with Crippen LogP contribution in [0.4, 0.5) is 5.69 Å². The van der Waals surface area contributed by atoms with Crippen LogP contribution in [0.1, 0.15) is 23.3 Å². The van der Waals surface area contributed by atoms with Gasteiger partial charge in [-0.3, -0.25) is 4.79 Å². The Morgan fingerprint density at radius 3 is 2.35 bits per heavy atom. The largest absolute Gasteiger partial charge is 0.497 e. The van der Waals surface area contributed by atoms with Crippen LogP contribution < -0.4 is 14.4 Å². The van der Waals surface area contributed by atoms with Gasteiger partial charge >= 0.3 is 0 Å². The highest BCUT2D eigenvalue weighted by molar-refractivity contribution is 6.00. The van der Waals surface area contributed by atoms with E-state index in [0.717, 1.165) is 22.9 Å². The van der Waals surface area contributed by atoms with Crippen LogP contribution in [0.2, 0.25) is 0 Å². The van der Waals surface area contributed by atoms with Crippen molar-refractivity contribution >= 4 is 11.6 Å². The summed E-state index contributed by atoms with van der Waals surface area (Å²) >= 11 is 0. The molecule has 1 atom stereocenters. The molecule has 0 spiro atoms. The molecular weight excluding hydrogens is 296 g/mol. The Labute approximate surface area is 134 Å². The molecule has 0 N–H and O–H groups in total. The summed E-state index contributed by atoms with van der Waals surface area (Å²) in [4.78, 5) is 14.5. The van der Waals surface area contributed by atoms with Gasteiger partial charge in [-0.05, 0) is 25.5 Å². The Morgan fingerprint density at radius 1 is 1.13 bits per heavy atom. The molecule has 0 aliphatic carbocycles. The number of rotatable bonds is 3. The second-order valence-electron chi connectivity index (χ2n) is 5.62. The molecule has 2 heterocycles. The van der Waals surface area contributed by atoms with Crippen LogP contribution >= 0.6 is 0 Å². The number of amides is 1. The first-order valence-electron chi connectivity index (χ1n) is 7.38. The third kappa shape index (κ3) is 2.32. The molecule has 7 heteroatoms. The van der Waals surface area contributed by atoms with Gasteiger partial charge in [-0.2, -0.15) is 0 Å². The topological polar surface area (TPSA) is 69.5 Å². The van der Waals surface area contributed by atoms with Crippen molar-refractivity contribution in [2.45, 2.75) is 26.3 Å². The Kier molecular flexibility index (Phi) is 3.71. The van der Waals surface area contributed by atoms with Gasteiger partial charge in [0.25, 0.3) is 0 Å². The minimum Gasteiger partial charge on any atom is -0.497 e. The summed E-state index contributed by atoms with van der Waals surface area (Å²) in [7, 11) is 4.97. The zero-order valence-corrected chi connectivity index (χ0v) is 14.0. The van der Waals surface area contributed by atoms with E-state index >= 15 is 0 Å². The fraction of sp³-hybridized carbons (Fsp3) is 0.438. The predicted octanol–water partition coefficient (Wildman–Crippen LogP) is 1.67. The lowest BCUT2D eigenvalue weighted by molar-refractivity contribution is -0.122. The van der Waals surface area contributed by atoms with E-state index in [-0.39, 0.29) is 11.9 Å². The highest BCUT2D eigenvalue weighted by atomic mass is 16.5. The second-order valence-corrected chi connectivity index (χ2v) is 5.62. The molecule has 1 aliphatic heterocycles. The maximum atomic E-state index is 12.9. The van der Waals surface area contributed by atoms with Crippen molar-refractivity contribution in [2.24, 2.45) is 0 Å². The molecule has 1 aliphatic rings. The SMILES string of the molecule is COc1cc2c(c(OC)c1)N(C)C(=O)C(n1c(C)nnc1C)C2. The first-order valence-corrected chi connectivity index (χ1v) is 7.38. The lowest BCUT2D eigenvalue weighted by Crippen LogP contribution is -2.40. The van der Waals surface area contributed by atoms with Gasteiger partial charge in [-0.15, -0.1) is 10.2 Å². The molecule has 1 aromatic heterocycles. The molecule has 0 fully saturated rings. The molecule has 0 saturated carbocycles. The number of benzene rings is 1. The summed E-state index contributed by atoms with van der Waals surface area (Å²) in [5.41, 5.74) is 1.79. The number of ether oxygens (including phenoxy) is 2. The monoisotopic (exact) mass is 316 g/mol. The zero-order valence-electron chi connectivity index (χ0n) is 14.0. The fourth-order valence-electron chi connectivity index (χ4n) is 3.20. The van der Waals surface area contributed by atoms with Gasteiger partial charge in [0, 0.05) is 19.5 Å². The van der Waals surface area contributed by atoms with Gasteiger partial charge in [-0.1, -0.05) is 0 Å². The van der Waals surface area contributed by atoms with Gasteiger partial charge in [0.2, 0.25) is 5.91 Å². The van der Waals surface area contributed by atoms with Crippen LogP contribution in [0.5, 0.6) is 11.5 Å². The molecule has 1 amide bonds. The summed E-state index contributed by atoms with van der Waals surface area (Å²) in [6.45, 7) is 3.71. The standard InChI is InChI=1S/C16H20N4O3/c1-9-17-18-10(2)20(9)13-7-11-6-12(22-4)8-14(23-5)15(11)19(3)16(13)21/h6,8,13H,7H2,1-5H3. The van der Waals surface area contributed by atoms with Crippen molar-refractivity contribution in [3.8, 4) is 11.5 Å². The highest BCUT2D eigenvalue weighted by Crippen LogP contribution is 2.42. The number of likely N-dealkylation sites (N-methyl/N-ethyl adjacent to an activating group) is 1. The van der Waals surface area contributed by atoms with Crippen LogP contribution in [0.25, 0.3) is 0 Å². The van der Waals surface area contributed by atoms with Crippen LogP contribution in [0, 0.1) is 13.8 Å². The Morgan fingerprint density at radius 2 is 1.78 bits per heavy atom. The lowest BCUT2D eigenvalue weighted by atomic mass is 9.96. The van der Waals surface area contributed by atoms with E-state index in [2.05, 4.69) is 10.2 Å². The molecule has 0 bridgehead atoms. The maximum absolute atomic E-state index is 12.9. The van der Waals surface area contributed by atoms with Gasteiger partial charge in [0.05, 0.1) is 19.9 Å². The number of fused-ring (bicyclic) bond motifs is 1. The Balaban J connectivity index is 2.14. The fourth-order valence-corrected chi connectivity index (χ4v) is 3.20. The average Bonchev–Trinajstić information content (AvgIpc) is 2.88. The van der Waals surface area contributed by atoms with Crippen LogP contribution in [0.15, 0.2) is 12.1 Å². The molecule has 0 saturated heterocycles. The van der Waals surface area contributed by atoms with E-state index in [9.17, 15) is 4.79 Å². The van der Waals surface area contributed by atoms with Crippen molar-refractivity contribution in [2.75, 3.05) is 26.2 Å². The number of hydrogen-bond donors (Lipinski definition) is 0. The van der Waals surface area contributed by atoms with Crippen molar-refractivity contribution in [3.05, 3.63) is 29.3 Å². The number of nitrogens with zero attached hydrogens (tertiary/aromatic N) is 4.